The zero-order chi connectivity index (χ0) is 12.3. The predicted molar refractivity (Wildman–Crippen MR) is 71.5 cm³/mol. The molecule has 0 saturated heterocycles. The van der Waals surface area contributed by atoms with Gasteiger partial charge in [0.1, 0.15) is 5.75 Å². The average molecular weight is 285 g/mol. The lowest BCUT2D eigenvalue weighted by Gasteiger charge is -2.09. The summed E-state index contributed by atoms with van der Waals surface area (Å²) in [6.07, 6.45) is 1.47. The normalized spacial score (nSPS) is 9.39. The van der Waals surface area contributed by atoms with Gasteiger partial charge in [0, 0.05) is 6.20 Å². The van der Waals surface area contributed by atoms with Gasteiger partial charge in [-0.2, -0.15) is 0 Å². The Balaban J connectivity index is 0.00000162. The van der Waals surface area contributed by atoms with Gasteiger partial charge in [-0.05, 0) is 24.3 Å². The van der Waals surface area contributed by atoms with Crippen molar-refractivity contribution in [1.82, 2.24) is 4.98 Å². The number of para-hydroxylation sites is 1. The Labute approximate surface area is 115 Å². The molecule has 4 nitrogen and oxygen atoms in total. The molecule has 0 fully saturated rings. The number of hydrogen-bond acceptors (Lipinski definition) is 3. The van der Waals surface area contributed by atoms with E-state index in [1.807, 2.05) is 0 Å². The van der Waals surface area contributed by atoms with Crippen LogP contribution in [0.3, 0.4) is 0 Å². The summed E-state index contributed by atoms with van der Waals surface area (Å²) in [5.74, 6) is 0.0884. The topological polar surface area (TPSA) is 65.2 Å². The number of rotatable bonds is 3. The molecule has 1 amide bonds. The van der Waals surface area contributed by atoms with E-state index in [0.29, 0.717) is 10.8 Å². The van der Waals surface area contributed by atoms with Crippen LogP contribution in [-0.4, -0.2) is 10.9 Å². The van der Waals surface area contributed by atoms with Crippen LogP contribution in [0.2, 0.25) is 5.02 Å². The van der Waals surface area contributed by atoms with Crippen molar-refractivity contribution < 1.29 is 9.53 Å². The molecule has 0 aliphatic heterocycles. The maximum absolute atomic E-state index is 11.1. The first-order valence-corrected chi connectivity index (χ1v) is 5.23. The van der Waals surface area contributed by atoms with Gasteiger partial charge in [0.15, 0.2) is 11.4 Å². The van der Waals surface area contributed by atoms with Crippen LogP contribution in [0.4, 0.5) is 0 Å². The van der Waals surface area contributed by atoms with E-state index < -0.39 is 5.91 Å². The second kappa shape index (κ2) is 6.23. The third-order valence-electron chi connectivity index (χ3n) is 2.06. The zero-order valence-corrected chi connectivity index (χ0v) is 10.7. The van der Waals surface area contributed by atoms with Crippen molar-refractivity contribution in [1.29, 1.82) is 0 Å². The van der Waals surface area contributed by atoms with Crippen LogP contribution in [0.5, 0.6) is 11.5 Å². The summed E-state index contributed by atoms with van der Waals surface area (Å²) in [6, 6.07) is 10.2. The van der Waals surface area contributed by atoms with Crippen molar-refractivity contribution in [2.45, 2.75) is 0 Å². The average Bonchev–Trinajstić information content (AvgIpc) is 2.32. The van der Waals surface area contributed by atoms with Crippen molar-refractivity contribution in [3.63, 3.8) is 0 Å². The van der Waals surface area contributed by atoms with E-state index in [0.717, 1.165) is 0 Å². The highest BCUT2D eigenvalue weighted by Crippen LogP contribution is 2.29. The highest BCUT2D eigenvalue weighted by Gasteiger charge is 2.12. The van der Waals surface area contributed by atoms with Gasteiger partial charge < -0.3 is 10.5 Å². The summed E-state index contributed by atoms with van der Waals surface area (Å²) in [7, 11) is 0. The first-order chi connectivity index (χ1) is 8.18. The van der Waals surface area contributed by atoms with Crippen LogP contribution < -0.4 is 10.5 Å². The largest absolute Gasteiger partial charge is 0.453 e. The minimum absolute atomic E-state index is 0. The highest BCUT2D eigenvalue weighted by molar-refractivity contribution is 6.32. The lowest BCUT2D eigenvalue weighted by molar-refractivity contribution is 0.0993. The van der Waals surface area contributed by atoms with Crippen molar-refractivity contribution in [3.05, 3.63) is 53.3 Å². The molecule has 1 aromatic carbocycles. The summed E-state index contributed by atoms with van der Waals surface area (Å²) >= 11 is 5.94. The SMILES string of the molecule is Cl.NC(=O)c1ncccc1Oc1ccccc1Cl. The van der Waals surface area contributed by atoms with Crippen LogP contribution in [-0.2, 0) is 0 Å². The van der Waals surface area contributed by atoms with Gasteiger partial charge in [-0.1, -0.05) is 23.7 Å². The lowest BCUT2D eigenvalue weighted by atomic mass is 10.3. The second-order valence-corrected chi connectivity index (χ2v) is 3.65. The second-order valence-electron chi connectivity index (χ2n) is 3.25. The Kier molecular flexibility index (Phi) is 4.95. The first-order valence-electron chi connectivity index (χ1n) is 4.85. The van der Waals surface area contributed by atoms with Crippen molar-refractivity contribution >= 4 is 29.9 Å². The molecule has 0 aliphatic rings. The quantitative estimate of drug-likeness (QED) is 0.942. The molecule has 0 aliphatic carbocycles. The van der Waals surface area contributed by atoms with Gasteiger partial charge in [0.25, 0.3) is 5.91 Å². The van der Waals surface area contributed by atoms with E-state index in [-0.39, 0.29) is 23.9 Å². The number of carbonyl (C=O) groups excluding carboxylic acids is 1. The molecule has 0 atom stereocenters. The minimum Gasteiger partial charge on any atom is -0.453 e. The van der Waals surface area contributed by atoms with Crippen molar-refractivity contribution in [3.8, 4) is 11.5 Å². The Hall–Kier alpha value is -1.78. The van der Waals surface area contributed by atoms with Crippen molar-refractivity contribution in [2.24, 2.45) is 5.73 Å². The Morgan fingerprint density at radius 1 is 1.17 bits per heavy atom. The minimum atomic E-state index is -0.646. The molecule has 2 aromatic rings. The van der Waals surface area contributed by atoms with Crippen molar-refractivity contribution in [2.75, 3.05) is 0 Å². The molecule has 0 saturated carbocycles. The van der Waals surface area contributed by atoms with E-state index in [1.54, 1.807) is 36.4 Å². The van der Waals surface area contributed by atoms with E-state index in [2.05, 4.69) is 4.98 Å². The third-order valence-corrected chi connectivity index (χ3v) is 2.37. The number of benzene rings is 1. The van der Waals surface area contributed by atoms with Crippen LogP contribution >= 0.6 is 24.0 Å². The van der Waals surface area contributed by atoms with Crippen LogP contribution in [0.1, 0.15) is 10.5 Å². The van der Waals surface area contributed by atoms with Gasteiger partial charge in [-0.25, -0.2) is 4.98 Å². The number of hydrogen-bond donors (Lipinski definition) is 1. The standard InChI is InChI=1S/C12H9ClN2O2.ClH/c13-8-4-1-2-5-9(8)17-10-6-3-7-15-11(10)12(14)16;/h1-7H,(H2,14,16);1H. The lowest BCUT2D eigenvalue weighted by Crippen LogP contribution is -2.14. The number of nitrogens with two attached hydrogens (primary N) is 1. The fourth-order valence-electron chi connectivity index (χ4n) is 1.30. The molecule has 18 heavy (non-hydrogen) atoms. The summed E-state index contributed by atoms with van der Waals surface area (Å²) in [5, 5.41) is 0.451. The Bertz CT molecular complexity index is 561. The van der Waals surface area contributed by atoms with Gasteiger partial charge in [-0.3, -0.25) is 4.79 Å². The van der Waals surface area contributed by atoms with E-state index in [4.69, 9.17) is 22.1 Å². The molecule has 0 spiro atoms. The molecular weight excluding hydrogens is 275 g/mol. The van der Waals surface area contributed by atoms with E-state index in [1.165, 1.54) is 6.20 Å². The highest BCUT2D eigenvalue weighted by atomic mass is 35.5. The number of ether oxygens (including phenoxy) is 1. The van der Waals surface area contributed by atoms with Crippen LogP contribution in [0.15, 0.2) is 42.6 Å². The Morgan fingerprint density at radius 3 is 2.50 bits per heavy atom. The van der Waals surface area contributed by atoms with E-state index in [9.17, 15) is 4.79 Å². The molecule has 0 unspecified atom stereocenters. The van der Waals surface area contributed by atoms with Crippen LogP contribution in [0.25, 0.3) is 0 Å². The summed E-state index contributed by atoms with van der Waals surface area (Å²) in [5.41, 5.74) is 5.27. The number of aromatic nitrogens is 1. The van der Waals surface area contributed by atoms with Gasteiger partial charge in [-0.15, -0.1) is 12.4 Å². The Morgan fingerprint density at radius 2 is 1.83 bits per heavy atom. The molecule has 2 N–H and O–H groups in total. The summed E-state index contributed by atoms with van der Waals surface area (Å²) < 4.78 is 5.51. The van der Waals surface area contributed by atoms with Gasteiger partial charge in [0.05, 0.1) is 5.02 Å². The number of halogens is 2. The number of primary amides is 1. The fraction of sp³-hybridized carbons (Fsp3) is 0. The van der Waals surface area contributed by atoms with Crippen LogP contribution in [0, 0.1) is 0 Å². The predicted octanol–water partition coefficient (Wildman–Crippen LogP) is 3.05. The zero-order valence-electron chi connectivity index (χ0n) is 9.17. The third kappa shape index (κ3) is 3.12. The molecule has 2 rings (SSSR count). The molecule has 1 heterocycles. The molecule has 0 radical (unpaired) electrons. The van der Waals surface area contributed by atoms with Gasteiger partial charge >= 0.3 is 0 Å². The number of pyridine rings is 1. The monoisotopic (exact) mass is 284 g/mol. The summed E-state index contributed by atoms with van der Waals surface area (Å²) in [6.45, 7) is 0. The molecular formula is C12H10Cl2N2O2. The van der Waals surface area contributed by atoms with Gasteiger partial charge in [0.2, 0.25) is 0 Å². The number of amides is 1. The van der Waals surface area contributed by atoms with E-state index >= 15 is 0 Å². The maximum atomic E-state index is 11.1. The fourth-order valence-corrected chi connectivity index (χ4v) is 1.48. The summed E-state index contributed by atoms with van der Waals surface area (Å²) in [4.78, 5) is 15.0. The first kappa shape index (κ1) is 14.3. The molecule has 6 heteroatoms. The molecule has 0 bridgehead atoms. The molecule has 1 aromatic heterocycles. The number of carbonyl (C=O) groups is 1. The maximum Gasteiger partial charge on any atom is 0.271 e. The smallest absolute Gasteiger partial charge is 0.271 e. The molecule has 94 valence electrons. The number of nitrogens with zero attached hydrogens (tertiary/aromatic N) is 1.